The minimum Gasteiger partial charge on any atom is -0.356 e. The van der Waals surface area contributed by atoms with Gasteiger partial charge in [-0.15, -0.1) is 24.0 Å². The molecule has 0 unspecified atom stereocenters. The molecule has 0 saturated heterocycles. The highest BCUT2D eigenvalue weighted by atomic mass is 127. The maximum absolute atomic E-state index is 12.1. The summed E-state index contributed by atoms with van der Waals surface area (Å²) in [6, 6.07) is 11.2. The van der Waals surface area contributed by atoms with Crippen molar-refractivity contribution in [3.05, 3.63) is 53.9 Å². The monoisotopic (exact) mass is 491 g/mol. The van der Waals surface area contributed by atoms with Gasteiger partial charge < -0.3 is 10.6 Å². The maximum Gasteiger partial charge on any atom is 0.191 e. The van der Waals surface area contributed by atoms with Crippen LogP contribution in [0, 0.1) is 0 Å². The Bertz CT molecular complexity index is 790. The fraction of sp³-hybridized carbons (Fsp3) is 0.412. The van der Waals surface area contributed by atoms with Crippen LogP contribution >= 0.6 is 24.0 Å². The highest BCUT2D eigenvalue weighted by Gasteiger charge is 2.11. The highest BCUT2D eigenvalue weighted by molar-refractivity contribution is 14.0. The summed E-state index contributed by atoms with van der Waals surface area (Å²) < 4.78 is 26.1. The SMILES string of the molecule is CN=C(NCCCS(=O)(=O)Cc1ccccc1)NCc1ccnn1C.I. The topological polar surface area (TPSA) is 88.4 Å². The minimum atomic E-state index is -3.10. The molecule has 0 aliphatic carbocycles. The molecule has 0 bridgehead atoms. The van der Waals surface area contributed by atoms with E-state index in [4.69, 9.17) is 0 Å². The van der Waals surface area contributed by atoms with E-state index in [-0.39, 0.29) is 35.5 Å². The zero-order valence-electron chi connectivity index (χ0n) is 15.1. The van der Waals surface area contributed by atoms with Gasteiger partial charge in [-0.05, 0) is 18.1 Å². The average molecular weight is 491 g/mol. The molecule has 0 fully saturated rings. The molecule has 0 aliphatic rings. The quantitative estimate of drug-likeness (QED) is 0.254. The first-order valence-electron chi connectivity index (χ1n) is 8.16. The van der Waals surface area contributed by atoms with Gasteiger partial charge in [0.05, 0.1) is 23.7 Å². The maximum atomic E-state index is 12.1. The van der Waals surface area contributed by atoms with Gasteiger partial charge in [-0.2, -0.15) is 5.10 Å². The van der Waals surface area contributed by atoms with Crippen molar-refractivity contribution in [2.24, 2.45) is 12.0 Å². The van der Waals surface area contributed by atoms with Gasteiger partial charge in [0.2, 0.25) is 0 Å². The number of guanidine groups is 1. The highest BCUT2D eigenvalue weighted by Crippen LogP contribution is 2.06. The van der Waals surface area contributed by atoms with Crippen molar-refractivity contribution in [3.63, 3.8) is 0 Å². The molecule has 0 atom stereocenters. The molecule has 9 heteroatoms. The van der Waals surface area contributed by atoms with E-state index in [1.165, 1.54) is 0 Å². The molecule has 0 radical (unpaired) electrons. The van der Waals surface area contributed by atoms with Gasteiger partial charge in [-0.3, -0.25) is 9.67 Å². The van der Waals surface area contributed by atoms with E-state index in [9.17, 15) is 8.42 Å². The second-order valence-corrected chi connectivity index (χ2v) is 7.91. The molecule has 26 heavy (non-hydrogen) atoms. The second-order valence-electron chi connectivity index (χ2n) is 5.73. The molecule has 2 rings (SSSR count). The van der Waals surface area contributed by atoms with Crippen LogP contribution in [0.25, 0.3) is 0 Å². The molecular weight excluding hydrogens is 465 g/mol. The van der Waals surface area contributed by atoms with Crippen LogP contribution in [0.2, 0.25) is 0 Å². The molecule has 7 nitrogen and oxygen atoms in total. The van der Waals surface area contributed by atoms with Gasteiger partial charge in [0.15, 0.2) is 15.8 Å². The Kier molecular flexibility index (Phi) is 9.63. The number of halogens is 1. The molecule has 144 valence electrons. The summed E-state index contributed by atoms with van der Waals surface area (Å²) in [5.74, 6) is 0.871. The van der Waals surface area contributed by atoms with E-state index >= 15 is 0 Å². The Hall–Kier alpha value is -1.62. The third-order valence-corrected chi connectivity index (χ3v) is 5.42. The van der Waals surface area contributed by atoms with E-state index in [0.717, 1.165) is 11.3 Å². The molecule has 2 N–H and O–H groups in total. The third-order valence-electron chi connectivity index (χ3n) is 3.74. The number of sulfone groups is 1. The number of rotatable bonds is 8. The van der Waals surface area contributed by atoms with E-state index in [0.29, 0.717) is 25.5 Å². The lowest BCUT2D eigenvalue weighted by atomic mass is 10.2. The first-order chi connectivity index (χ1) is 12.0. The number of hydrogen-bond donors (Lipinski definition) is 2. The number of hydrogen-bond acceptors (Lipinski definition) is 4. The standard InChI is InChI=1S/C17H25N5O2S.HI/c1-18-17(20-13-16-9-11-21-22(16)2)19-10-6-12-25(23,24)14-15-7-4-3-5-8-15;/h3-5,7-9,11H,6,10,12-14H2,1-2H3,(H2,18,19,20);1H. The Labute approximate surface area is 172 Å². The Morgan fingerprint density at radius 3 is 2.54 bits per heavy atom. The number of nitrogens with one attached hydrogen (secondary N) is 2. The summed E-state index contributed by atoms with van der Waals surface area (Å²) in [6.45, 7) is 1.14. The first kappa shape index (κ1) is 22.4. The van der Waals surface area contributed by atoms with Crippen molar-refractivity contribution in [1.82, 2.24) is 20.4 Å². The van der Waals surface area contributed by atoms with E-state index < -0.39 is 9.84 Å². The van der Waals surface area contributed by atoms with Crippen molar-refractivity contribution in [3.8, 4) is 0 Å². The molecule has 0 aliphatic heterocycles. The Morgan fingerprint density at radius 1 is 1.19 bits per heavy atom. The normalized spacial score (nSPS) is 11.7. The summed E-state index contributed by atoms with van der Waals surface area (Å²) in [7, 11) is 0.460. The summed E-state index contributed by atoms with van der Waals surface area (Å²) in [5, 5.41) is 10.4. The first-order valence-corrected chi connectivity index (χ1v) is 9.98. The fourth-order valence-electron chi connectivity index (χ4n) is 2.37. The molecule has 1 aromatic carbocycles. The molecule has 0 spiro atoms. The number of aryl methyl sites for hydroxylation is 1. The molecule has 2 aromatic rings. The lowest BCUT2D eigenvalue weighted by Crippen LogP contribution is -2.38. The van der Waals surface area contributed by atoms with Crippen molar-refractivity contribution in [2.45, 2.75) is 18.7 Å². The molecule has 0 amide bonds. The zero-order chi connectivity index (χ0) is 18.1. The number of benzene rings is 1. The van der Waals surface area contributed by atoms with E-state index in [2.05, 4.69) is 20.7 Å². The van der Waals surface area contributed by atoms with Crippen molar-refractivity contribution in [2.75, 3.05) is 19.3 Å². The van der Waals surface area contributed by atoms with E-state index in [1.807, 2.05) is 43.4 Å². The van der Waals surface area contributed by atoms with Crippen molar-refractivity contribution < 1.29 is 8.42 Å². The Balaban J connectivity index is 0.00000338. The second kappa shape index (κ2) is 11.2. The summed E-state index contributed by atoms with van der Waals surface area (Å²) in [6.07, 6.45) is 2.27. The van der Waals surface area contributed by atoms with E-state index in [1.54, 1.807) is 17.9 Å². The molecular formula is C17H26IN5O2S. The number of nitrogens with zero attached hydrogens (tertiary/aromatic N) is 3. The number of aromatic nitrogens is 2. The minimum absolute atomic E-state index is 0. The predicted octanol–water partition coefficient (Wildman–Crippen LogP) is 1.71. The van der Waals surface area contributed by atoms with Gasteiger partial charge in [0.1, 0.15) is 0 Å². The van der Waals surface area contributed by atoms with Crippen LogP contribution in [0.4, 0.5) is 0 Å². The van der Waals surface area contributed by atoms with Crippen LogP contribution in [0.1, 0.15) is 17.7 Å². The van der Waals surface area contributed by atoms with Crippen LogP contribution in [0.5, 0.6) is 0 Å². The largest absolute Gasteiger partial charge is 0.356 e. The summed E-state index contributed by atoms with van der Waals surface area (Å²) in [4.78, 5) is 4.13. The lowest BCUT2D eigenvalue weighted by molar-refractivity contribution is 0.591. The van der Waals surface area contributed by atoms with Crippen LogP contribution in [0.15, 0.2) is 47.6 Å². The molecule has 1 aromatic heterocycles. The van der Waals surface area contributed by atoms with Gasteiger partial charge in [0, 0.05) is 26.8 Å². The van der Waals surface area contributed by atoms with Gasteiger partial charge in [0.25, 0.3) is 0 Å². The van der Waals surface area contributed by atoms with Crippen molar-refractivity contribution in [1.29, 1.82) is 0 Å². The third kappa shape index (κ3) is 7.73. The van der Waals surface area contributed by atoms with Crippen molar-refractivity contribution >= 4 is 39.8 Å². The fourth-order valence-corrected chi connectivity index (χ4v) is 3.80. The average Bonchev–Trinajstić information content (AvgIpc) is 3.00. The van der Waals surface area contributed by atoms with Crippen LogP contribution < -0.4 is 10.6 Å². The zero-order valence-corrected chi connectivity index (χ0v) is 18.2. The smallest absolute Gasteiger partial charge is 0.191 e. The summed E-state index contributed by atoms with van der Waals surface area (Å²) >= 11 is 0. The van der Waals surface area contributed by atoms with Gasteiger partial charge in [-0.25, -0.2) is 8.42 Å². The number of aliphatic imine (C=N–C) groups is 1. The predicted molar refractivity (Wildman–Crippen MR) is 115 cm³/mol. The van der Waals surface area contributed by atoms with Crippen LogP contribution in [0.3, 0.4) is 0 Å². The lowest BCUT2D eigenvalue weighted by Gasteiger charge is -2.12. The Morgan fingerprint density at radius 2 is 1.92 bits per heavy atom. The molecule has 1 heterocycles. The molecule has 0 saturated carbocycles. The van der Waals surface area contributed by atoms with Gasteiger partial charge >= 0.3 is 0 Å². The summed E-state index contributed by atoms with van der Waals surface area (Å²) in [5.41, 5.74) is 1.86. The van der Waals surface area contributed by atoms with Crippen LogP contribution in [-0.4, -0.2) is 43.5 Å². The van der Waals surface area contributed by atoms with Gasteiger partial charge in [-0.1, -0.05) is 30.3 Å². The van der Waals surface area contributed by atoms with Crippen LogP contribution in [-0.2, 0) is 29.2 Å².